The summed E-state index contributed by atoms with van der Waals surface area (Å²) in [7, 11) is 0. The van der Waals surface area contributed by atoms with Crippen LogP contribution in [0.3, 0.4) is 0 Å². The Balaban J connectivity index is 2.21. The van der Waals surface area contributed by atoms with E-state index >= 15 is 0 Å². The molecule has 2 rings (SSSR count). The highest BCUT2D eigenvalue weighted by Crippen LogP contribution is 2.46. The molecule has 1 aromatic rings. The van der Waals surface area contributed by atoms with Gasteiger partial charge in [-0.3, -0.25) is 0 Å². The number of nitrogens with one attached hydrogen (secondary N) is 1. The minimum absolute atomic E-state index is 0.0285. The molecule has 17 heavy (non-hydrogen) atoms. The van der Waals surface area contributed by atoms with Gasteiger partial charge in [0.2, 0.25) is 0 Å². The third kappa shape index (κ3) is 2.97. The van der Waals surface area contributed by atoms with Gasteiger partial charge in [0.1, 0.15) is 16.2 Å². The zero-order valence-electron chi connectivity index (χ0n) is 11.1. The van der Waals surface area contributed by atoms with Gasteiger partial charge in [0.05, 0.1) is 0 Å². The summed E-state index contributed by atoms with van der Waals surface area (Å²) in [6.07, 6.45) is 1.21. The molecule has 0 bridgehead atoms. The first-order chi connectivity index (χ1) is 7.68. The Morgan fingerprint density at radius 2 is 1.94 bits per heavy atom. The van der Waals surface area contributed by atoms with Crippen LogP contribution in [0.1, 0.15) is 46.9 Å². The van der Waals surface area contributed by atoms with E-state index in [0.29, 0.717) is 11.5 Å². The highest BCUT2D eigenvalue weighted by atomic mass is 79.9. The van der Waals surface area contributed by atoms with Gasteiger partial charge in [0, 0.05) is 17.5 Å². The number of hydrogen-bond acceptors (Lipinski definition) is 3. The van der Waals surface area contributed by atoms with Crippen molar-refractivity contribution in [3.63, 3.8) is 0 Å². The third-order valence-electron chi connectivity index (χ3n) is 3.20. The summed E-state index contributed by atoms with van der Waals surface area (Å²) in [6, 6.07) is 2.49. The fourth-order valence-electron chi connectivity index (χ4n) is 1.72. The Morgan fingerprint density at radius 3 is 2.41 bits per heavy atom. The highest BCUT2D eigenvalue weighted by molar-refractivity contribution is 9.10. The van der Waals surface area contributed by atoms with Crippen LogP contribution in [0, 0.1) is 5.41 Å². The van der Waals surface area contributed by atoms with E-state index in [0.717, 1.165) is 16.2 Å². The molecule has 1 aromatic heterocycles. The Labute approximate surface area is 112 Å². The van der Waals surface area contributed by atoms with Crippen LogP contribution < -0.4 is 5.32 Å². The number of rotatable bonds is 2. The van der Waals surface area contributed by atoms with Gasteiger partial charge in [-0.05, 0) is 27.8 Å². The monoisotopic (exact) mass is 297 g/mol. The zero-order valence-corrected chi connectivity index (χ0v) is 12.7. The van der Waals surface area contributed by atoms with Crippen molar-refractivity contribution in [3.8, 4) is 0 Å². The van der Waals surface area contributed by atoms with E-state index < -0.39 is 0 Å². The second-order valence-corrected chi connectivity index (χ2v) is 7.35. The SMILES string of the molecule is CC(C)(C)c1nc(Br)cc(NC2CC2(C)C)n1. The van der Waals surface area contributed by atoms with Crippen LogP contribution in [0.4, 0.5) is 5.82 Å². The lowest BCUT2D eigenvalue weighted by Gasteiger charge is -2.18. The summed E-state index contributed by atoms with van der Waals surface area (Å²) in [5.41, 5.74) is 0.374. The Hall–Kier alpha value is -0.640. The van der Waals surface area contributed by atoms with Crippen molar-refractivity contribution < 1.29 is 0 Å². The fraction of sp³-hybridized carbons (Fsp3) is 0.692. The van der Waals surface area contributed by atoms with Crippen molar-refractivity contribution >= 4 is 21.7 Å². The summed E-state index contributed by atoms with van der Waals surface area (Å²) in [5, 5.41) is 3.48. The lowest BCUT2D eigenvalue weighted by atomic mass is 9.96. The largest absolute Gasteiger partial charge is 0.367 e. The van der Waals surface area contributed by atoms with Gasteiger partial charge < -0.3 is 5.32 Å². The van der Waals surface area contributed by atoms with Gasteiger partial charge in [0.25, 0.3) is 0 Å². The first-order valence-electron chi connectivity index (χ1n) is 6.00. The van der Waals surface area contributed by atoms with Crippen LogP contribution in [0.5, 0.6) is 0 Å². The van der Waals surface area contributed by atoms with E-state index in [4.69, 9.17) is 0 Å². The maximum absolute atomic E-state index is 4.60. The van der Waals surface area contributed by atoms with Crippen molar-refractivity contribution in [3.05, 3.63) is 16.5 Å². The molecule has 1 saturated carbocycles. The molecule has 0 aromatic carbocycles. The number of nitrogens with zero attached hydrogens (tertiary/aromatic N) is 2. The smallest absolute Gasteiger partial charge is 0.137 e. The van der Waals surface area contributed by atoms with Crippen LogP contribution in [0.2, 0.25) is 0 Å². The molecule has 0 radical (unpaired) electrons. The predicted octanol–water partition coefficient (Wildman–Crippen LogP) is 3.75. The second-order valence-electron chi connectivity index (χ2n) is 6.54. The molecule has 1 aliphatic rings. The summed E-state index contributed by atoms with van der Waals surface area (Å²) in [6.45, 7) is 10.9. The van der Waals surface area contributed by atoms with Gasteiger partial charge >= 0.3 is 0 Å². The summed E-state index contributed by atoms with van der Waals surface area (Å²) in [5.74, 6) is 1.79. The topological polar surface area (TPSA) is 37.8 Å². The number of anilines is 1. The molecule has 0 amide bonds. The minimum atomic E-state index is -0.0285. The van der Waals surface area contributed by atoms with Crippen LogP contribution in [0.25, 0.3) is 0 Å². The van der Waals surface area contributed by atoms with Gasteiger partial charge in [-0.1, -0.05) is 34.6 Å². The molecule has 1 unspecified atom stereocenters. The summed E-state index contributed by atoms with van der Waals surface area (Å²) < 4.78 is 0.846. The molecule has 4 heteroatoms. The molecular weight excluding hydrogens is 278 g/mol. The summed E-state index contributed by atoms with van der Waals surface area (Å²) in [4.78, 5) is 9.03. The van der Waals surface area contributed by atoms with Gasteiger partial charge in [-0.15, -0.1) is 0 Å². The number of hydrogen-bond donors (Lipinski definition) is 1. The van der Waals surface area contributed by atoms with Crippen molar-refractivity contribution in [2.45, 2.75) is 52.5 Å². The molecule has 0 aliphatic heterocycles. The van der Waals surface area contributed by atoms with Gasteiger partial charge in [-0.2, -0.15) is 0 Å². The molecule has 1 heterocycles. The van der Waals surface area contributed by atoms with E-state index in [9.17, 15) is 0 Å². The molecule has 0 saturated heterocycles. The van der Waals surface area contributed by atoms with Crippen LogP contribution in [-0.4, -0.2) is 16.0 Å². The number of halogens is 1. The van der Waals surface area contributed by atoms with E-state index in [-0.39, 0.29) is 5.41 Å². The van der Waals surface area contributed by atoms with Crippen molar-refractivity contribution in [2.24, 2.45) is 5.41 Å². The molecule has 1 N–H and O–H groups in total. The Kier molecular flexibility index (Phi) is 2.97. The molecule has 94 valence electrons. The maximum Gasteiger partial charge on any atom is 0.137 e. The third-order valence-corrected chi connectivity index (χ3v) is 3.61. The zero-order chi connectivity index (χ0) is 12.8. The molecule has 1 aliphatic carbocycles. The average Bonchev–Trinajstić information content (AvgIpc) is 2.70. The first kappa shape index (κ1) is 12.8. The molecule has 1 atom stereocenters. The quantitative estimate of drug-likeness (QED) is 0.845. The first-order valence-corrected chi connectivity index (χ1v) is 6.79. The Morgan fingerprint density at radius 1 is 1.35 bits per heavy atom. The standard InChI is InChI=1S/C13H20BrN3/c1-12(2,3)11-16-9(14)6-10(17-11)15-8-7-13(8,4)5/h6,8H,7H2,1-5H3,(H,15,16,17). The normalized spacial score (nSPS) is 22.4. The van der Waals surface area contributed by atoms with E-state index in [2.05, 4.69) is 65.8 Å². The maximum atomic E-state index is 4.60. The van der Waals surface area contributed by atoms with Crippen LogP contribution in [-0.2, 0) is 5.41 Å². The van der Waals surface area contributed by atoms with Crippen LogP contribution >= 0.6 is 15.9 Å². The number of aromatic nitrogens is 2. The molecule has 3 nitrogen and oxygen atoms in total. The minimum Gasteiger partial charge on any atom is -0.367 e. The molecular formula is C13H20BrN3. The van der Waals surface area contributed by atoms with Crippen molar-refractivity contribution in [1.29, 1.82) is 0 Å². The Bertz CT molecular complexity index is 435. The van der Waals surface area contributed by atoms with E-state index in [1.165, 1.54) is 6.42 Å². The van der Waals surface area contributed by atoms with Crippen molar-refractivity contribution in [2.75, 3.05) is 5.32 Å². The van der Waals surface area contributed by atoms with E-state index in [1.54, 1.807) is 0 Å². The van der Waals surface area contributed by atoms with E-state index in [1.807, 2.05) is 6.07 Å². The second kappa shape index (κ2) is 3.94. The molecule has 0 spiro atoms. The average molecular weight is 298 g/mol. The highest BCUT2D eigenvalue weighted by Gasteiger charge is 2.45. The lowest BCUT2D eigenvalue weighted by molar-refractivity contribution is 0.543. The predicted molar refractivity (Wildman–Crippen MR) is 74.2 cm³/mol. The fourth-order valence-corrected chi connectivity index (χ4v) is 2.10. The molecule has 1 fully saturated rings. The summed E-state index contributed by atoms with van der Waals surface area (Å²) >= 11 is 3.45. The van der Waals surface area contributed by atoms with Crippen molar-refractivity contribution in [1.82, 2.24) is 9.97 Å². The van der Waals surface area contributed by atoms with Gasteiger partial charge in [-0.25, -0.2) is 9.97 Å². The van der Waals surface area contributed by atoms with Gasteiger partial charge in [0.15, 0.2) is 0 Å². The van der Waals surface area contributed by atoms with Crippen LogP contribution in [0.15, 0.2) is 10.7 Å². The lowest BCUT2D eigenvalue weighted by Crippen LogP contribution is -2.18.